The van der Waals surface area contributed by atoms with Crippen LogP contribution < -0.4 is 10.6 Å². The fourth-order valence-electron chi connectivity index (χ4n) is 3.26. The molecule has 9 nitrogen and oxygen atoms in total. The lowest BCUT2D eigenvalue weighted by molar-refractivity contribution is -0.384. The van der Waals surface area contributed by atoms with E-state index < -0.39 is 10.8 Å². The van der Waals surface area contributed by atoms with Gasteiger partial charge in [0.1, 0.15) is 11.5 Å². The van der Waals surface area contributed by atoms with Crippen molar-refractivity contribution in [1.82, 2.24) is 15.6 Å². The monoisotopic (exact) mass is 432 g/mol. The Hall–Kier alpha value is -4.40. The standard InChI is InChI=1S/C23H20N4O5/c28-22(19-14-15-5-1-2-8-18(15)26-19)24-11-4-12-25-23(29)21-10-9-20(32-21)16-6-3-7-17(13-16)27(30)31/h1-3,5-10,13-14,26H,4,11-12H2,(H,24,28)(H,25,29). The molecule has 2 aromatic carbocycles. The maximum atomic E-state index is 12.3. The largest absolute Gasteiger partial charge is 0.451 e. The van der Waals surface area contributed by atoms with Crippen molar-refractivity contribution in [2.75, 3.05) is 13.1 Å². The lowest BCUT2D eigenvalue weighted by atomic mass is 10.1. The Morgan fingerprint density at radius 1 is 0.938 bits per heavy atom. The Bertz CT molecular complexity index is 1260. The van der Waals surface area contributed by atoms with E-state index in [2.05, 4.69) is 15.6 Å². The van der Waals surface area contributed by atoms with Crippen LogP contribution in [0.1, 0.15) is 27.5 Å². The molecule has 0 aliphatic carbocycles. The van der Waals surface area contributed by atoms with Crippen LogP contribution in [0.3, 0.4) is 0 Å². The van der Waals surface area contributed by atoms with Crippen LogP contribution in [-0.2, 0) is 0 Å². The van der Waals surface area contributed by atoms with Gasteiger partial charge in [-0.2, -0.15) is 0 Å². The average molecular weight is 432 g/mol. The molecule has 162 valence electrons. The number of fused-ring (bicyclic) bond motifs is 1. The van der Waals surface area contributed by atoms with Crippen LogP contribution in [0.15, 0.2) is 71.1 Å². The van der Waals surface area contributed by atoms with Gasteiger partial charge in [-0.25, -0.2) is 0 Å². The minimum Gasteiger partial charge on any atom is -0.451 e. The van der Waals surface area contributed by atoms with Gasteiger partial charge in [0.25, 0.3) is 17.5 Å². The number of nitro groups is 1. The Morgan fingerprint density at radius 3 is 2.50 bits per heavy atom. The number of furan rings is 1. The Kier molecular flexibility index (Phi) is 5.98. The summed E-state index contributed by atoms with van der Waals surface area (Å²) in [6, 6.07) is 18.5. The molecule has 0 unspecified atom stereocenters. The first-order valence-corrected chi connectivity index (χ1v) is 10.00. The van der Waals surface area contributed by atoms with Gasteiger partial charge in [0, 0.05) is 41.7 Å². The third-order valence-electron chi connectivity index (χ3n) is 4.87. The van der Waals surface area contributed by atoms with Gasteiger partial charge in [0.15, 0.2) is 5.76 Å². The second-order valence-electron chi connectivity index (χ2n) is 7.11. The molecular formula is C23H20N4O5. The summed E-state index contributed by atoms with van der Waals surface area (Å²) in [7, 11) is 0. The number of nitrogens with zero attached hydrogens (tertiary/aromatic N) is 1. The molecule has 0 aliphatic heterocycles. The van der Waals surface area contributed by atoms with Crippen molar-refractivity contribution >= 4 is 28.4 Å². The van der Waals surface area contributed by atoms with Crippen molar-refractivity contribution in [3.63, 3.8) is 0 Å². The molecule has 0 saturated carbocycles. The number of nitro benzene ring substituents is 1. The molecule has 4 aromatic rings. The first-order valence-electron chi connectivity index (χ1n) is 10.00. The maximum Gasteiger partial charge on any atom is 0.287 e. The molecule has 0 radical (unpaired) electrons. The quantitative estimate of drug-likeness (QED) is 0.221. The van der Waals surface area contributed by atoms with Gasteiger partial charge in [-0.3, -0.25) is 19.7 Å². The molecule has 3 N–H and O–H groups in total. The number of rotatable bonds is 8. The number of H-pyrrole nitrogens is 1. The maximum absolute atomic E-state index is 12.3. The number of aromatic amines is 1. The Labute approximate surface area is 182 Å². The summed E-state index contributed by atoms with van der Waals surface area (Å²) in [5.74, 6) is -0.137. The van der Waals surface area contributed by atoms with Crippen LogP contribution in [0, 0.1) is 10.1 Å². The van der Waals surface area contributed by atoms with E-state index in [0.717, 1.165) is 10.9 Å². The number of carbonyl (C=O) groups is 2. The molecule has 0 saturated heterocycles. The lowest BCUT2D eigenvalue weighted by Crippen LogP contribution is -2.29. The number of benzene rings is 2. The minimum absolute atomic E-state index is 0.0561. The molecule has 32 heavy (non-hydrogen) atoms. The average Bonchev–Trinajstić information content (AvgIpc) is 3.46. The number of hydrogen-bond donors (Lipinski definition) is 3. The zero-order chi connectivity index (χ0) is 22.5. The molecule has 2 heterocycles. The number of amides is 2. The van der Waals surface area contributed by atoms with E-state index in [9.17, 15) is 19.7 Å². The molecule has 0 fully saturated rings. The predicted octanol–water partition coefficient (Wildman–Crippen LogP) is 3.89. The summed E-state index contributed by atoms with van der Waals surface area (Å²) in [5.41, 5.74) is 1.84. The third-order valence-corrected chi connectivity index (χ3v) is 4.87. The lowest BCUT2D eigenvalue weighted by Gasteiger charge is -2.05. The zero-order valence-corrected chi connectivity index (χ0v) is 17.0. The summed E-state index contributed by atoms with van der Waals surface area (Å²) in [4.78, 5) is 38.0. The molecule has 0 atom stereocenters. The smallest absolute Gasteiger partial charge is 0.287 e. The van der Waals surface area contributed by atoms with Crippen molar-refractivity contribution < 1.29 is 18.9 Å². The second kappa shape index (κ2) is 9.17. The van der Waals surface area contributed by atoms with E-state index in [0.29, 0.717) is 36.5 Å². The molecule has 0 spiro atoms. The van der Waals surface area contributed by atoms with Gasteiger partial charge in [-0.05, 0) is 30.7 Å². The highest BCUT2D eigenvalue weighted by Gasteiger charge is 2.14. The van der Waals surface area contributed by atoms with Crippen molar-refractivity contribution in [2.45, 2.75) is 6.42 Å². The van der Waals surface area contributed by atoms with Crippen LogP contribution in [-0.4, -0.2) is 34.8 Å². The molecule has 2 aromatic heterocycles. The van der Waals surface area contributed by atoms with E-state index in [1.54, 1.807) is 24.3 Å². The van der Waals surface area contributed by atoms with Crippen LogP contribution in [0.2, 0.25) is 0 Å². The summed E-state index contributed by atoms with van der Waals surface area (Å²) < 4.78 is 5.54. The normalized spacial score (nSPS) is 10.8. The number of carbonyl (C=O) groups excluding carboxylic acids is 2. The van der Waals surface area contributed by atoms with Gasteiger partial charge in [-0.1, -0.05) is 30.3 Å². The van der Waals surface area contributed by atoms with Gasteiger partial charge < -0.3 is 20.0 Å². The van der Waals surface area contributed by atoms with Gasteiger partial charge in [0.2, 0.25) is 0 Å². The highest BCUT2D eigenvalue weighted by molar-refractivity contribution is 5.98. The number of hydrogen-bond acceptors (Lipinski definition) is 5. The van der Waals surface area contributed by atoms with E-state index in [1.165, 1.54) is 18.2 Å². The van der Waals surface area contributed by atoms with Gasteiger partial charge in [-0.15, -0.1) is 0 Å². The number of non-ortho nitro benzene ring substituents is 1. The molecule has 0 aliphatic rings. The first kappa shape index (κ1) is 20.9. The molecule has 2 amide bonds. The van der Waals surface area contributed by atoms with Crippen molar-refractivity contribution in [3.8, 4) is 11.3 Å². The molecule has 9 heteroatoms. The van der Waals surface area contributed by atoms with E-state index >= 15 is 0 Å². The fourth-order valence-corrected chi connectivity index (χ4v) is 3.26. The second-order valence-corrected chi connectivity index (χ2v) is 7.11. The van der Waals surface area contributed by atoms with E-state index in [-0.39, 0.29) is 17.4 Å². The number of para-hydroxylation sites is 1. The predicted molar refractivity (Wildman–Crippen MR) is 118 cm³/mol. The SMILES string of the molecule is O=C(NCCCNC(=O)c1ccc(-c2cccc([N+](=O)[O-])c2)o1)c1cc2ccccc2[nH]1. The van der Waals surface area contributed by atoms with Crippen molar-refractivity contribution in [3.05, 3.63) is 88.3 Å². The Balaban J connectivity index is 1.24. The van der Waals surface area contributed by atoms with Crippen LogP contribution >= 0.6 is 0 Å². The fraction of sp³-hybridized carbons (Fsp3) is 0.130. The van der Waals surface area contributed by atoms with Crippen LogP contribution in [0.25, 0.3) is 22.2 Å². The zero-order valence-electron chi connectivity index (χ0n) is 17.0. The minimum atomic E-state index is -0.489. The van der Waals surface area contributed by atoms with E-state index in [4.69, 9.17) is 4.42 Å². The molecule has 0 bridgehead atoms. The van der Waals surface area contributed by atoms with Crippen molar-refractivity contribution in [1.29, 1.82) is 0 Å². The van der Waals surface area contributed by atoms with Crippen LogP contribution in [0.4, 0.5) is 5.69 Å². The summed E-state index contributed by atoms with van der Waals surface area (Å²) in [5, 5.41) is 17.4. The Morgan fingerprint density at radius 2 is 1.72 bits per heavy atom. The van der Waals surface area contributed by atoms with E-state index in [1.807, 2.05) is 24.3 Å². The third kappa shape index (κ3) is 4.67. The number of aromatic nitrogens is 1. The van der Waals surface area contributed by atoms with Gasteiger partial charge in [0.05, 0.1) is 4.92 Å². The van der Waals surface area contributed by atoms with Crippen molar-refractivity contribution in [2.24, 2.45) is 0 Å². The summed E-state index contributed by atoms with van der Waals surface area (Å²) in [6.45, 7) is 0.740. The topological polar surface area (TPSA) is 130 Å². The summed E-state index contributed by atoms with van der Waals surface area (Å²) in [6.07, 6.45) is 0.538. The molecular weight excluding hydrogens is 412 g/mol. The highest BCUT2D eigenvalue weighted by Crippen LogP contribution is 2.25. The summed E-state index contributed by atoms with van der Waals surface area (Å²) >= 11 is 0. The molecule has 4 rings (SSSR count). The first-order chi connectivity index (χ1) is 15.5. The number of nitrogens with one attached hydrogen (secondary N) is 3. The highest BCUT2D eigenvalue weighted by atomic mass is 16.6. The van der Waals surface area contributed by atoms with Gasteiger partial charge >= 0.3 is 0 Å². The van der Waals surface area contributed by atoms with Crippen LogP contribution in [0.5, 0.6) is 0 Å².